The van der Waals surface area contributed by atoms with Crippen molar-refractivity contribution in [2.45, 2.75) is 5.75 Å². The minimum Gasteiger partial charge on any atom is -0.291 e. The summed E-state index contributed by atoms with van der Waals surface area (Å²) in [5.74, 6) is 0.614. The Morgan fingerprint density at radius 2 is 2.64 bits per heavy atom. The van der Waals surface area contributed by atoms with Crippen molar-refractivity contribution in [1.29, 1.82) is 0 Å². The van der Waals surface area contributed by atoms with Gasteiger partial charge in [-0.2, -0.15) is 10.2 Å². The Hall–Kier alpha value is -1.10. The van der Waals surface area contributed by atoms with Crippen LogP contribution in [-0.4, -0.2) is 16.6 Å². The molecule has 11 heavy (non-hydrogen) atoms. The zero-order valence-corrected chi connectivity index (χ0v) is 6.47. The molecule has 0 aliphatic rings. The first-order chi connectivity index (χ1) is 5.43. The summed E-state index contributed by atoms with van der Waals surface area (Å²) < 4.78 is 2.34. The van der Waals surface area contributed by atoms with E-state index in [0.29, 0.717) is 5.75 Å². The molecular weight excluding hydrogens is 162 g/mol. The monoisotopic (exact) mass is 168 g/mol. The first-order valence-corrected chi connectivity index (χ1v) is 3.92. The predicted molar refractivity (Wildman–Crippen MR) is 42.2 cm³/mol. The highest BCUT2D eigenvalue weighted by Crippen LogP contribution is 2.02. The lowest BCUT2D eigenvalue weighted by molar-refractivity contribution is 0.554. The van der Waals surface area contributed by atoms with E-state index < -0.39 is 0 Å². The fourth-order valence-corrected chi connectivity index (χ4v) is 0.983. The molecule has 1 aromatic heterocycles. The van der Waals surface area contributed by atoms with E-state index in [4.69, 9.17) is 0 Å². The van der Waals surface area contributed by atoms with Gasteiger partial charge in [0, 0.05) is 6.20 Å². The van der Waals surface area contributed by atoms with Gasteiger partial charge >= 0.3 is 6.41 Å². The molecule has 0 aliphatic heterocycles. The highest BCUT2D eigenvalue weighted by molar-refractivity contribution is 7.97. The van der Waals surface area contributed by atoms with Gasteiger partial charge in [0.2, 0.25) is 0 Å². The molecule has 0 bridgehead atoms. The van der Waals surface area contributed by atoms with E-state index in [9.17, 15) is 4.79 Å². The number of amides is 1. The molecule has 0 spiro atoms. The Kier molecular flexibility index (Phi) is 3.40. The first kappa shape index (κ1) is 8.00. The van der Waals surface area contributed by atoms with Gasteiger partial charge in [-0.25, -0.2) is 0 Å². The van der Waals surface area contributed by atoms with E-state index in [-0.39, 0.29) is 0 Å². The van der Waals surface area contributed by atoms with Crippen molar-refractivity contribution >= 4 is 18.4 Å². The molecule has 1 radical (unpaired) electrons. The molecule has 0 saturated carbocycles. The van der Waals surface area contributed by atoms with Crippen LogP contribution in [-0.2, 0) is 10.5 Å². The third kappa shape index (κ3) is 2.99. The van der Waals surface area contributed by atoms with Gasteiger partial charge in [0.15, 0.2) is 0 Å². The number of hydrogen-bond donors (Lipinski definition) is 1. The molecule has 1 aromatic rings. The largest absolute Gasteiger partial charge is 0.320 e. The molecule has 0 saturated heterocycles. The second-order valence-corrected chi connectivity index (χ2v) is 2.49. The maximum atomic E-state index is 9.70. The Balaban J connectivity index is 2.33. The van der Waals surface area contributed by atoms with Gasteiger partial charge in [0.05, 0.1) is 11.4 Å². The van der Waals surface area contributed by atoms with Crippen LogP contribution in [0.25, 0.3) is 0 Å². The van der Waals surface area contributed by atoms with Crippen LogP contribution < -0.4 is 4.72 Å². The van der Waals surface area contributed by atoms with Crippen LogP contribution in [0, 0.1) is 0 Å². The normalized spacial score (nSPS) is 9.09. The summed E-state index contributed by atoms with van der Waals surface area (Å²) in [5.41, 5.74) is 0.834. The summed E-state index contributed by atoms with van der Waals surface area (Å²) in [5, 5.41) is 7.48. The average molecular weight is 168 g/mol. The van der Waals surface area contributed by atoms with Gasteiger partial charge in [-0.05, 0) is 24.1 Å². The molecule has 4 nitrogen and oxygen atoms in total. The van der Waals surface area contributed by atoms with Crippen LogP contribution in [0.3, 0.4) is 0 Å². The van der Waals surface area contributed by atoms with Crippen LogP contribution >= 0.6 is 11.9 Å². The minimum absolute atomic E-state index is 0.614. The lowest BCUT2D eigenvalue weighted by atomic mass is 10.4. The molecule has 0 aromatic carbocycles. The molecule has 57 valence electrons. The van der Waals surface area contributed by atoms with Gasteiger partial charge in [-0.1, -0.05) is 0 Å². The molecule has 0 unspecified atom stereocenters. The van der Waals surface area contributed by atoms with Crippen LogP contribution in [0.4, 0.5) is 0 Å². The van der Waals surface area contributed by atoms with E-state index in [1.807, 2.05) is 6.07 Å². The van der Waals surface area contributed by atoms with Gasteiger partial charge < -0.3 is 0 Å². The SMILES string of the molecule is O=[C]NSCc1cccnn1. The van der Waals surface area contributed by atoms with Gasteiger partial charge in [-0.15, -0.1) is 0 Å². The lowest BCUT2D eigenvalue weighted by Crippen LogP contribution is -1.99. The predicted octanol–water partition coefficient (Wildman–Crippen LogP) is 0.282. The molecular formula is C6H6N3OS. The Morgan fingerprint density at radius 1 is 1.73 bits per heavy atom. The maximum Gasteiger partial charge on any atom is 0.320 e. The fraction of sp³-hybridized carbons (Fsp3) is 0.167. The Bertz CT molecular complexity index is 216. The summed E-state index contributed by atoms with van der Waals surface area (Å²) in [7, 11) is 0. The quantitative estimate of drug-likeness (QED) is 0.398. The summed E-state index contributed by atoms with van der Waals surface area (Å²) in [6, 6.07) is 3.64. The minimum atomic E-state index is 0.614. The molecule has 1 N–H and O–H groups in total. The first-order valence-electron chi connectivity index (χ1n) is 2.94. The van der Waals surface area contributed by atoms with Crippen molar-refractivity contribution in [2.24, 2.45) is 0 Å². The highest BCUT2D eigenvalue weighted by Gasteiger charge is 1.92. The average Bonchev–Trinajstić information content (AvgIpc) is 2.07. The van der Waals surface area contributed by atoms with Crippen molar-refractivity contribution in [2.75, 3.05) is 0 Å². The molecule has 0 fully saturated rings. The van der Waals surface area contributed by atoms with Gasteiger partial charge in [-0.3, -0.25) is 9.52 Å². The van der Waals surface area contributed by atoms with Gasteiger partial charge in [0.1, 0.15) is 0 Å². The van der Waals surface area contributed by atoms with E-state index >= 15 is 0 Å². The smallest absolute Gasteiger partial charge is 0.291 e. The van der Waals surface area contributed by atoms with Gasteiger partial charge in [0.25, 0.3) is 0 Å². The molecule has 5 heteroatoms. The van der Waals surface area contributed by atoms with Crippen LogP contribution in [0.15, 0.2) is 18.3 Å². The molecule has 1 heterocycles. The van der Waals surface area contributed by atoms with Crippen LogP contribution in [0.2, 0.25) is 0 Å². The standard InChI is InChI=1S/C6H6N3OS/c10-5-8-11-4-6-2-1-3-7-9-6/h1-3H,4H2,(H,8,10). The Morgan fingerprint density at radius 3 is 3.27 bits per heavy atom. The number of hydrogen-bond acceptors (Lipinski definition) is 4. The number of aromatic nitrogens is 2. The van der Waals surface area contributed by atoms with E-state index in [1.165, 1.54) is 11.9 Å². The summed E-state index contributed by atoms with van der Waals surface area (Å²) in [6.45, 7) is 0. The third-order valence-electron chi connectivity index (χ3n) is 0.961. The van der Waals surface area contributed by atoms with Crippen molar-refractivity contribution in [3.05, 3.63) is 24.0 Å². The zero-order chi connectivity index (χ0) is 7.94. The van der Waals surface area contributed by atoms with Crippen LogP contribution in [0.1, 0.15) is 5.69 Å². The van der Waals surface area contributed by atoms with Crippen molar-refractivity contribution in [1.82, 2.24) is 14.9 Å². The third-order valence-corrected chi connectivity index (χ3v) is 1.63. The summed E-state index contributed by atoms with van der Waals surface area (Å²) in [4.78, 5) is 9.70. The molecule has 0 atom stereocenters. The topological polar surface area (TPSA) is 54.9 Å². The van der Waals surface area contributed by atoms with Crippen molar-refractivity contribution < 1.29 is 4.79 Å². The number of nitrogens with one attached hydrogen (secondary N) is 1. The zero-order valence-electron chi connectivity index (χ0n) is 5.65. The number of rotatable bonds is 4. The summed E-state index contributed by atoms with van der Waals surface area (Å²) in [6.07, 6.45) is 3.16. The second kappa shape index (κ2) is 4.68. The van der Waals surface area contributed by atoms with E-state index in [1.54, 1.807) is 18.7 Å². The number of carbonyl (C=O) groups excluding carboxylic acids is 1. The second-order valence-electron chi connectivity index (χ2n) is 1.71. The summed E-state index contributed by atoms with van der Waals surface area (Å²) >= 11 is 1.23. The maximum absolute atomic E-state index is 9.70. The van der Waals surface area contributed by atoms with E-state index in [2.05, 4.69) is 14.9 Å². The lowest BCUT2D eigenvalue weighted by Gasteiger charge is -1.94. The van der Waals surface area contributed by atoms with E-state index in [0.717, 1.165) is 5.69 Å². The highest BCUT2D eigenvalue weighted by atomic mass is 32.2. The molecule has 1 amide bonds. The van der Waals surface area contributed by atoms with Crippen LogP contribution in [0.5, 0.6) is 0 Å². The van der Waals surface area contributed by atoms with Crippen molar-refractivity contribution in [3.63, 3.8) is 0 Å². The number of nitrogens with zero attached hydrogens (tertiary/aromatic N) is 2. The fourth-order valence-electron chi connectivity index (χ4n) is 0.550. The molecule has 0 aliphatic carbocycles. The molecule has 1 rings (SSSR count). The Labute approximate surface area is 68.5 Å². The van der Waals surface area contributed by atoms with Crippen molar-refractivity contribution in [3.8, 4) is 0 Å².